The van der Waals surface area contributed by atoms with Gasteiger partial charge < -0.3 is 5.73 Å². The van der Waals surface area contributed by atoms with Crippen molar-refractivity contribution >= 4 is 11.5 Å². The number of aromatic nitrogens is 4. The molecule has 4 rings (SSSR count). The first-order valence-electron chi connectivity index (χ1n) is 6.96. The van der Waals surface area contributed by atoms with Gasteiger partial charge >= 0.3 is 0 Å². The number of benzene rings is 2. The van der Waals surface area contributed by atoms with Gasteiger partial charge in [-0.1, -0.05) is 60.7 Å². The second kappa shape index (κ2) is 4.96. The van der Waals surface area contributed by atoms with Crippen LogP contribution in [0.4, 0.5) is 5.82 Å². The van der Waals surface area contributed by atoms with Crippen molar-refractivity contribution in [1.29, 1.82) is 0 Å². The molecule has 4 aromatic rings. The standard InChI is InChI=1S/C17H13N5/c18-16-14(12-7-3-1-4-8-12)11-15-19-20-17(22(15)21-16)13-9-5-2-6-10-13/h1-11H,(H2,18,21). The number of rotatable bonds is 2. The van der Waals surface area contributed by atoms with Gasteiger partial charge in [-0.05, 0) is 11.6 Å². The molecule has 2 N–H and O–H groups in total. The van der Waals surface area contributed by atoms with Gasteiger partial charge in [0.25, 0.3) is 0 Å². The molecule has 0 amide bonds. The Hall–Kier alpha value is -3.21. The monoisotopic (exact) mass is 287 g/mol. The van der Waals surface area contributed by atoms with Crippen LogP contribution in [0.3, 0.4) is 0 Å². The van der Waals surface area contributed by atoms with Crippen LogP contribution in [0.5, 0.6) is 0 Å². The van der Waals surface area contributed by atoms with Crippen molar-refractivity contribution in [2.75, 3.05) is 5.73 Å². The van der Waals surface area contributed by atoms with Gasteiger partial charge in [0.2, 0.25) is 0 Å². The summed E-state index contributed by atoms with van der Waals surface area (Å²) in [4.78, 5) is 0. The highest BCUT2D eigenvalue weighted by molar-refractivity contribution is 5.77. The number of nitrogens with two attached hydrogens (primary N) is 1. The lowest BCUT2D eigenvalue weighted by atomic mass is 10.1. The molecule has 2 heterocycles. The van der Waals surface area contributed by atoms with E-state index in [2.05, 4.69) is 15.3 Å². The molecular formula is C17H13N5. The Morgan fingerprint density at radius 2 is 1.41 bits per heavy atom. The summed E-state index contributed by atoms with van der Waals surface area (Å²) >= 11 is 0. The molecule has 2 aromatic carbocycles. The van der Waals surface area contributed by atoms with Crippen LogP contribution in [0, 0.1) is 0 Å². The molecule has 2 aromatic heterocycles. The maximum Gasteiger partial charge on any atom is 0.185 e. The van der Waals surface area contributed by atoms with Crippen molar-refractivity contribution in [3.8, 4) is 22.5 Å². The number of nitrogen functional groups attached to an aromatic ring is 1. The summed E-state index contributed by atoms with van der Waals surface area (Å²) in [5.41, 5.74) is 9.64. The normalized spacial score (nSPS) is 10.9. The summed E-state index contributed by atoms with van der Waals surface area (Å²) in [6.45, 7) is 0. The number of hydrogen-bond donors (Lipinski definition) is 1. The van der Waals surface area contributed by atoms with E-state index in [0.717, 1.165) is 16.7 Å². The Labute approximate surface area is 127 Å². The van der Waals surface area contributed by atoms with E-state index < -0.39 is 0 Å². The number of anilines is 1. The quantitative estimate of drug-likeness (QED) is 0.615. The fourth-order valence-electron chi connectivity index (χ4n) is 2.46. The third kappa shape index (κ3) is 2.00. The smallest absolute Gasteiger partial charge is 0.185 e. The zero-order chi connectivity index (χ0) is 14.9. The molecule has 0 radical (unpaired) electrons. The maximum absolute atomic E-state index is 6.14. The first-order valence-corrected chi connectivity index (χ1v) is 6.96. The van der Waals surface area contributed by atoms with Crippen molar-refractivity contribution in [3.63, 3.8) is 0 Å². The lowest BCUT2D eigenvalue weighted by Gasteiger charge is -2.06. The number of hydrogen-bond acceptors (Lipinski definition) is 4. The van der Waals surface area contributed by atoms with Gasteiger partial charge in [0.15, 0.2) is 17.3 Å². The minimum atomic E-state index is 0.454. The Kier molecular flexibility index (Phi) is 2.83. The van der Waals surface area contributed by atoms with Crippen molar-refractivity contribution in [2.24, 2.45) is 0 Å². The average molecular weight is 287 g/mol. The van der Waals surface area contributed by atoms with Crippen LogP contribution in [-0.4, -0.2) is 19.8 Å². The lowest BCUT2D eigenvalue weighted by Crippen LogP contribution is -2.02. The summed E-state index contributed by atoms with van der Waals surface area (Å²) < 4.78 is 1.68. The van der Waals surface area contributed by atoms with Gasteiger partial charge in [-0.15, -0.1) is 15.3 Å². The van der Waals surface area contributed by atoms with Crippen LogP contribution in [0.15, 0.2) is 66.7 Å². The molecule has 0 fully saturated rings. The van der Waals surface area contributed by atoms with E-state index in [9.17, 15) is 0 Å². The van der Waals surface area contributed by atoms with Crippen LogP contribution in [0.2, 0.25) is 0 Å². The second-order valence-corrected chi connectivity index (χ2v) is 4.97. The fourth-order valence-corrected chi connectivity index (χ4v) is 2.46. The molecule has 5 nitrogen and oxygen atoms in total. The molecule has 0 spiro atoms. The van der Waals surface area contributed by atoms with Crippen molar-refractivity contribution in [1.82, 2.24) is 19.8 Å². The fraction of sp³-hybridized carbons (Fsp3) is 0. The van der Waals surface area contributed by atoms with Gasteiger partial charge in [-0.25, -0.2) is 0 Å². The molecule has 0 aliphatic rings. The van der Waals surface area contributed by atoms with Gasteiger partial charge in [0, 0.05) is 11.1 Å². The summed E-state index contributed by atoms with van der Waals surface area (Å²) in [5, 5.41) is 12.9. The summed E-state index contributed by atoms with van der Waals surface area (Å²) in [5.74, 6) is 1.14. The summed E-state index contributed by atoms with van der Waals surface area (Å²) in [6.07, 6.45) is 0. The maximum atomic E-state index is 6.14. The predicted octanol–water partition coefficient (Wildman–Crippen LogP) is 3.04. The average Bonchev–Trinajstić information content (AvgIpc) is 2.98. The highest BCUT2D eigenvalue weighted by Gasteiger charge is 2.12. The third-order valence-corrected chi connectivity index (χ3v) is 3.54. The van der Waals surface area contributed by atoms with E-state index in [1.165, 1.54) is 0 Å². The van der Waals surface area contributed by atoms with E-state index in [4.69, 9.17) is 5.73 Å². The Morgan fingerprint density at radius 3 is 2.09 bits per heavy atom. The Morgan fingerprint density at radius 1 is 0.773 bits per heavy atom. The van der Waals surface area contributed by atoms with Crippen LogP contribution in [-0.2, 0) is 0 Å². The van der Waals surface area contributed by atoms with Crippen molar-refractivity contribution < 1.29 is 0 Å². The highest BCUT2D eigenvalue weighted by Crippen LogP contribution is 2.26. The Balaban J connectivity index is 1.91. The van der Waals surface area contributed by atoms with Crippen LogP contribution < -0.4 is 5.73 Å². The molecule has 22 heavy (non-hydrogen) atoms. The van der Waals surface area contributed by atoms with Crippen LogP contribution in [0.25, 0.3) is 28.2 Å². The van der Waals surface area contributed by atoms with Crippen LogP contribution >= 0.6 is 0 Å². The topological polar surface area (TPSA) is 69.1 Å². The molecule has 0 saturated carbocycles. The number of fused-ring (bicyclic) bond motifs is 1. The van der Waals surface area contributed by atoms with E-state index >= 15 is 0 Å². The van der Waals surface area contributed by atoms with Gasteiger partial charge in [-0.3, -0.25) is 0 Å². The van der Waals surface area contributed by atoms with Gasteiger partial charge in [-0.2, -0.15) is 4.52 Å². The molecule has 0 unspecified atom stereocenters. The van der Waals surface area contributed by atoms with Crippen molar-refractivity contribution in [2.45, 2.75) is 0 Å². The van der Waals surface area contributed by atoms with E-state index in [1.807, 2.05) is 66.7 Å². The summed E-state index contributed by atoms with van der Waals surface area (Å²) in [6, 6.07) is 21.6. The number of nitrogens with zero attached hydrogens (tertiary/aromatic N) is 4. The van der Waals surface area contributed by atoms with Gasteiger partial charge in [0.05, 0.1) is 0 Å². The zero-order valence-electron chi connectivity index (χ0n) is 11.7. The Bertz CT molecular complexity index is 929. The molecule has 0 aliphatic heterocycles. The first kappa shape index (κ1) is 12.5. The molecule has 106 valence electrons. The van der Waals surface area contributed by atoms with E-state index in [-0.39, 0.29) is 0 Å². The van der Waals surface area contributed by atoms with Gasteiger partial charge in [0.1, 0.15) is 0 Å². The minimum absolute atomic E-state index is 0.454. The molecule has 5 heteroatoms. The SMILES string of the molecule is Nc1nn2c(-c3ccccc3)nnc2cc1-c1ccccc1. The van der Waals surface area contributed by atoms with E-state index in [1.54, 1.807) is 4.52 Å². The third-order valence-electron chi connectivity index (χ3n) is 3.54. The lowest BCUT2D eigenvalue weighted by molar-refractivity contribution is 0.946. The molecule has 0 saturated heterocycles. The zero-order valence-corrected chi connectivity index (χ0v) is 11.7. The molecule has 0 bridgehead atoms. The van der Waals surface area contributed by atoms with Crippen molar-refractivity contribution in [3.05, 3.63) is 66.7 Å². The van der Waals surface area contributed by atoms with Crippen LogP contribution in [0.1, 0.15) is 0 Å². The second-order valence-electron chi connectivity index (χ2n) is 4.97. The van der Waals surface area contributed by atoms with E-state index in [0.29, 0.717) is 17.3 Å². The molecular weight excluding hydrogens is 274 g/mol. The summed E-state index contributed by atoms with van der Waals surface area (Å²) in [7, 11) is 0. The highest BCUT2D eigenvalue weighted by atomic mass is 15.4. The molecule has 0 atom stereocenters. The molecule has 0 aliphatic carbocycles. The minimum Gasteiger partial charge on any atom is -0.382 e. The predicted molar refractivity (Wildman–Crippen MR) is 86.1 cm³/mol. The largest absolute Gasteiger partial charge is 0.382 e. The first-order chi connectivity index (χ1) is 10.8.